The second kappa shape index (κ2) is 42.4. The van der Waals surface area contributed by atoms with Gasteiger partial charge in [-0.25, -0.2) is 9.59 Å². The lowest BCUT2D eigenvalue weighted by Crippen LogP contribution is -2.65. The predicted octanol–water partition coefficient (Wildman–Crippen LogP) is 3.38. The van der Waals surface area contributed by atoms with Gasteiger partial charge in [0.05, 0.1) is 19.6 Å². The molecule has 0 spiro atoms. The monoisotopic (exact) mass is 1650 g/mol. The molecule has 0 saturated carbocycles. The molecule has 0 unspecified atom stereocenters. The molecule has 3 fully saturated rings. The molecule has 2 aromatic carbocycles. The molecule has 5 rings (SSSR count). The summed E-state index contributed by atoms with van der Waals surface area (Å²) in [6, 6.07) is 6.34. The van der Waals surface area contributed by atoms with E-state index in [0.717, 1.165) is 5.56 Å². The highest BCUT2D eigenvalue weighted by Crippen LogP contribution is 2.28. The van der Waals surface area contributed by atoms with Crippen molar-refractivity contribution in [3.05, 3.63) is 71.8 Å². The molecule has 3 heterocycles. The molecule has 0 bridgehead atoms. The smallest absolute Gasteiger partial charge is 0.408 e. The van der Waals surface area contributed by atoms with Gasteiger partial charge in [0.15, 0.2) is 0 Å². The van der Waals surface area contributed by atoms with Crippen molar-refractivity contribution in [2.45, 2.75) is 310 Å². The Hall–Kier alpha value is -10.3. The van der Waals surface area contributed by atoms with Gasteiger partial charge in [0, 0.05) is 19.6 Å². The van der Waals surface area contributed by atoms with E-state index in [0.29, 0.717) is 37.7 Å². The summed E-state index contributed by atoms with van der Waals surface area (Å²) in [5, 5.41) is 29.5. The number of esters is 1. The average molecular weight is 1660 g/mol. The summed E-state index contributed by atoms with van der Waals surface area (Å²) in [4.78, 5) is 229. The van der Waals surface area contributed by atoms with Crippen LogP contribution in [0, 0.1) is 23.7 Å². The highest BCUT2D eigenvalue weighted by Gasteiger charge is 2.49. The Morgan fingerprint density at radius 2 is 0.780 bits per heavy atom. The summed E-state index contributed by atoms with van der Waals surface area (Å²) >= 11 is 0. The second-order valence-electron chi connectivity index (χ2n) is 36.3. The first-order chi connectivity index (χ1) is 54.7. The molecule has 656 valence electrons. The predicted molar refractivity (Wildman–Crippen MR) is 437 cm³/mol. The minimum absolute atomic E-state index is 0.000989. The van der Waals surface area contributed by atoms with E-state index in [1.807, 2.05) is 27.7 Å². The van der Waals surface area contributed by atoms with Crippen LogP contribution in [0.4, 0.5) is 4.79 Å². The van der Waals surface area contributed by atoms with Crippen LogP contribution in [0.5, 0.6) is 0 Å². The highest BCUT2D eigenvalue weighted by molar-refractivity contribution is 6.03. The number of rotatable bonds is 40. The van der Waals surface area contributed by atoms with E-state index in [1.165, 1.54) is 83.9 Å². The lowest BCUT2D eigenvalue weighted by molar-refractivity contribution is -0.159. The van der Waals surface area contributed by atoms with E-state index in [9.17, 15) is 76.7 Å². The Bertz CT molecular complexity index is 3910. The van der Waals surface area contributed by atoms with Gasteiger partial charge in [-0.3, -0.25) is 67.1 Å². The van der Waals surface area contributed by atoms with Gasteiger partial charge in [-0.1, -0.05) is 116 Å². The summed E-state index contributed by atoms with van der Waals surface area (Å²) in [6.45, 7) is 33.4. The van der Waals surface area contributed by atoms with Crippen molar-refractivity contribution < 1.29 is 90.9 Å². The molecule has 3 aliphatic rings. The molecule has 0 radical (unpaired) electrons. The minimum atomic E-state index is -1.77. The SMILES string of the molecule is CC(C)C[C@H](NC(=O)[C@H](CC(N)=O)NC(=O)C(C)(C)NC(=O)OCc1ccccc1)C(=O)NC(C)(C)C(=O)N1CCC[C@H]1C(=O)N[C@@H](COCc1ccccc1)C(=O)N[C@H](C(=O)NC(C)(C)C(=O)N1CCC[C@H]1C(=O)NC(C)(C)C(=O)N[C@@H](CC(C)C)C(=O)NC(C)(C)C(=O)N1CCC[C@H]1C(=O)N[C@@H](CC(C)C)C(=O)OC(C)(C)C)C(C)C. The molecule has 0 aliphatic carbocycles. The van der Waals surface area contributed by atoms with Crippen molar-refractivity contribution in [1.82, 2.24) is 73.2 Å². The fourth-order valence-corrected chi connectivity index (χ4v) is 14.0. The number of carbonyl (C=O) groups excluding carboxylic acids is 16. The number of carbonyl (C=O) groups is 16. The fourth-order valence-electron chi connectivity index (χ4n) is 14.0. The molecular weight excluding hydrogens is 1520 g/mol. The van der Waals surface area contributed by atoms with Crippen LogP contribution in [-0.2, 0) is 99.3 Å². The van der Waals surface area contributed by atoms with Crippen LogP contribution in [0.25, 0.3) is 0 Å². The minimum Gasteiger partial charge on any atom is -0.458 e. The van der Waals surface area contributed by atoms with Crippen LogP contribution >= 0.6 is 0 Å². The third-order valence-electron chi connectivity index (χ3n) is 20.2. The van der Waals surface area contributed by atoms with Gasteiger partial charge >= 0.3 is 12.1 Å². The Labute approximate surface area is 693 Å². The summed E-state index contributed by atoms with van der Waals surface area (Å²) in [5.74, 6) is -12.5. The van der Waals surface area contributed by atoms with E-state index in [1.54, 1.807) is 109 Å². The van der Waals surface area contributed by atoms with Gasteiger partial charge in [0.25, 0.3) is 0 Å². The molecule has 118 heavy (non-hydrogen) atoms. The highest BCUT2D eigenvalue weighted by atomic mass is 16.6. The van der Waals surface area contributed by atoms with Gasteiger partial charge in [-0.15, -0.1) is 0 Å². The lowest BCUT2D eigenvalue weighted by atomic mass is 9.96. The first-order valence-electron chi connectivity index (χ1n) is 40.8. The number of nitrogens with zero attached hydrogens (tertiary/aromatic N) is 3. The zero-order valence-electron chi connectivity index (χ0n) is 72.8. The van der Waals surface area contributed by atoms with E-state index in [4.69, 9.17) is 19.9 Å². The quantitative estimate of drug-likeness (QED) is 0.0425. The summed E-state index contributed by atoms with van der Waals surface area (Å²) in [7, 11) is 0. The number of hydrogen-bond acceptors (Lipinski definition) is 19. The van der Waals surface area contributed by atoms with E-state index < -0.39 is 201 Å². The van der Waals surface area contributed by atoms with E-state index in [-0.39, 0.29) is 76.3 Å². The maximum atomic E-state index is 14.7. The van der Waals surface area contributed by atoms with Crippen LogP contribution < -0.4 is 64.2 Å². The number of hydrogen-bond donors (Lipinski definition) is 12. The third-order valence-corrected chi connectivity index (χ3v) is 20.2. The van der Waals surface area contributed by atoms with Crippen LogP contribution in [0.15, 0.2) is 60.7 Å². The molecule has 34 nitrogen and oxygen atoms in total. The lowest BCUT2D eigenvalue weighted by Gasteiger charge is -2.36. The van der Waals surface area contributed by atoms with Gasteiger partial charge in [0.2, 0.25) is 82.7 Å². The number of benzene rings is 2. The van der Waals surface area contributed by atoms with Crippen molar-refractivity contribution in [3.63, 3.8) is 0 Å². The van der Waals surface area contributed by atoms with Crippen molar-refractivity contribution in [1.29, 1.82) is 0 Å². The average Bonchev–Trinajstić information content (AvgIpc) is 1.57. The molecule has 34 heteroatoms. The van der Waals surface area contributed by atoms with Crippen LogP contribution in [0.1, 0.15) is 221 Å². The summed E-state index contributed by atoms with van der Waals surface area (Å²) < 4.78 is 16.9. The maximum Gasteiger partial charge on any atom is 0.408 e. The van der Waals surface area contributed by atoms with Gasteiger partial charge in [-0.2, -0.15) is 0 Å². The Kier molecular flexibility index (Phi) is 35.3. The number of nitrogens with one attached hydrogen (secondary N) is 11. The molecule has 13 N–H and O–H groups in total. The third kappa shape index (κ3) is 29.4. The molecule has 15 amide bonds. The van der Waals surface area contributed by atoms with Gasteiger partial charge in [-0.05, 0) is 183 Å². The van der Waals surface area contributed by atoms with Crippen molar-refractivity contribution in [2.24, 2.45) is 29.4 Å². The topological polar surface area (TPSA) is 469 Å². The van der Waals surface area contributed by atoms with E-state index >= 15 is 0 Å². The van der Waals surface area contributed by atoms with Crippen molar-refractivity contribution in [3.8, 4) is 0 Å². The Morgan fingerprint density at radius 3 is 1.19 bits per heavy atom. The van der Waals surface area contributed by atoms with Crippen LogP contribution in [0.2, 0.25) is 0 Å². The summed E-state index contributed by atoms with van der Waals surface area (Å²) in [5.41, 5.74) is -2.41. The molecule has 3 aliphatic heterocycles. The fraction of sp³-hybridized carbons (Fsp3) is 0.667. The van der Waals surface area contributed by atoms with Crippen LogP contribution in [0.3, 0.4) is 0 Å². The van der Waals surface area contributed by atoms with E-state index in [2.05, 4.69) is 58.5 Å². The number of ether oxygens (including phenoxy) is 3. The number of nitrogens with two attached hydrogens (primary N) is 1. The first-order valence-corrected chi connectivity index (χ1v) is 40.8. The zero-order chi connectivity index (χ0) is 88.9. The molecule has 3 saturated heterocycles. The first kappa shape index (κ1) is 98.3. The molecular formula is C84H131N15O19. The standard InChI is InChI=1S/C84H131N15O19/c1-48(2)41-54(86-64(101)56(44-62(85)100)90-74(111)81(14,15)96-78(115)117-46-53-33-26-23-27-34-53)66(103)92-82(16,17)75(112)98-39-29-36-60(98)69(106)88-58(47-116-45-52-31-24-22-25-32-52)65(102)91-63(51(7)8)71(108)95-84(20,21)77(114)99-40-30-37-61(99)70(107)94-80(12,13)73(110)89-55(42-49(3)4)67(104)93-83(18,19)76(113)97-38-28-35-59(97)68(105)87-57(43-50(5)6)72(109)118-79(9,10)11/h22-27,31-34,48-51,54-61,63H,28-30,35-47H2,1-21H3,(H2,85,100)(H,86,101)(H,87,105)(H,88,106)(H,89,110)(H,90,111)(H,91,102)(H,92,103)(H,93,104)(H,94,107)(H,95,108)(H,96,115)/t54-,55-,56-,57-,58-,59-,60-,61-,63-/m0/s1. The summed E-state index contributed by atoms with van der Waals surface area (Å²) in [6.07, 6.45) is 0.476. The number of likely N-dealkylation sites (tertiary alicyclic amines) is 3. The maximum absolute atomic E-state index is 14.7. The Morgan fingerprint density at radius 1 is 0.407 bits per heavy atom. The Balaban J connectivity index is 1.25. The zero-order valence-corrected chi connectivity index (χ0v) is 72.8. The van der Waals surface area contributed by atoms with Gasteiger partial charge < -0.3 is 93.1 Å². The normalized spacial score (nSPS) is 17.5. The number of alkyl carbamates (subject to hydrolysis) is 1. The molecule has 2 aromatic rings. The number of primary amides is 1. The largest absolute Gasteiger partial charge is 0.458 e. The van der Waals surface area contributed by atoms with Gasteiger partial charge in [0.1, 0.15) is 94.3 Å². The van der Waals surface area contributed by atoms with Crippen molar-refractivity contribution in [2.75, 3.05) is 26.2 Å². The molecule has 9 atom stereocenters. The second-order valence-corrected chi connectivity index (χ2v) is 36.3. The van der Waals surface area contributed by atoms with Crippen molar-refractivity contribution >= 4 is 94.8 Å². The molecule has 0 aromatic heterocycles. The number of amides is 15. The van der Waals surface area contributed by atoms with Crippen LogP contribution in [-0.4, -0.2) is 223 Å².